The van der Waals surface area contributed by atoms with Gasteiger partial charge in [0.05, 0.1) is 5.92 Å². The summed E-state index contributed by atoms with van der Waals surface area (Å²) in [6.07, 6.45) is 3.70. The van der Waals surface area contributed by atoms with Gasteiger partial charge in [-0.1, -0.05) is 24.3 Å². The number of benzene rings is 1. The molecule has 4 nitrogen and oxygen atoms in total. The van der Waals surface area contributed by atoms with Gasteiger partial charge in [-0.2, -0.15) is 0 Å². The predicted octanol–water partition coefficient (Wildman–Crippen LogP) is 1.94. The lowest BCUT2D eigenvalue weighted by atomic mass is 9.97. The minimum absolute atomic E-state index is 0.0606. The van der Waals surface area contributed by atoms with Crippen molar-refractivity contribution in [2.45, 2.75) is 12.8 Å². The fourth-order valence-electron chi connectivity index (χ4n) is 2.76. The van der Waals surface area contributed by atoms with E-state index in [9.17, 15) is 4.79 Å². The number of primary amides is 1. The molecule has 0 radical (unpaired) electrons. The van der Waals surface area contributed by atoms with E-state index in [0.29, 0.717) is 6.54 Å². The monoisotopic (exact) mass is 255 g/mol. The maximum Gasteiger partial charge on any atom is 0.222 e. The molecule has 1 aliphatic rings. The third-order valence-electron chi connectivity index (χ3n) is 3.78. The number of amides is 1. The van der Waals surface area contributed by atoms with Crippen LogP contribution in [0, 0.1) is 5.92 Å². The topological polar surface area (TPSA) is 59.2 Å². The highest BCUT2D eigenvalue weighted by atomic mass is 16.1. The van der Waals surface area contributed by atoms with Gasteiger partial charge in [0.15, 0.2) is 0 Å². The number of hydrogen-bond donors (Lipinski definition) is 1. The first kappa shape index (κ1) is 12.0. The second-order valence-electron chi connectivity index (χ2n) is 5.04. The number of pyridine rings is 1. The van der Waals surface area contributed by atoms with Crippen molar-refractivity contribution in [1.82, 2.24) is 4.98 Å². The molecule has 1 saturated heterocycles. The Bertz CT molecular complexity index is 606. The maximum atomic E-state index is 11.4. The fourth-order valence-corrected chi connectivity index (χ4v) is 2.76. The first-order chi connectivity index (χ1) is 9.25. The first-order valence-electron chi connectivity index (χ1n) is 6.64. The van der Waals surface area contributed by atoms with Crippen molar-refractivity contribution < 1.29 is 4.79 Å². The van der Waals surface area contributed by atoms with Gasteiger partial charge in [-0.15, -0.1) is 0 Å². The van der Waals surface area contributed by atoms with Gasteiger partial charge in [-0.3, -0.25) is 4.79 Å². The summed E-state index contributed by atoms with van der Waals surface area (Å²) in [5, 5.41) is 2.31. The Labute approximate surface area is 112 Å². The van der Waals surface area contributed by atoms with Crippen LogP contribution in [0.3, 0.4) is 0 Å². The molecule has 1 fully saturated rings. The van der Waals surface area contributed by atoms with E-state index in [1.54, 1.807) is 0 Å². The molecule has 1 aliphatic heterocycles. The summed E-state index contributed by atoms with van der Waals surface area (Å²) in [6, 6.07) is 10.2. The number of carbonyl (C=O) groups excluding carboxylic acids is 1. The Morgan fingerprint density at radius 1 is 1.32 bits per heavy atom. The van der Waals surface area contributed by atoms with Crippen LogP contribution >= 0.6 is 0 Å². The van der Waals surface area contributed by atoms with E-state index in [1.165, 1.54) is 5.39 Å². The van der Waals surface area contributed by atoms with Crippen LogP contribution in [0.5, 0.6) is 0 Å². The molecular formula is C15H17N3O. The lowest BCUT2D eigenvalue weighted by Gasteiger charge is -2.32. The number of carbonyl (C=O) groups is 1. The number of anilines is 1. The van der Waals surface area contributed by atoms with E-state index >= 15 is 0 Å². The molecular weight excluding hydrogens is 238 g/mol. The van der Waals surface area contributed by atoms with Crippen LogP contribution in [0.1, 0.15) is 12.8 Å². The Balaban J connectivity index is 1.97. The standard InChI is InChI=1S/C15H17N3O/c16-14(19)12-5-3-9-18(10-12)15-13-6-2-1-4-11(13)7-8-17-15/h1-2,4,6-8,12H,3,5,9-10H2,(H2,16,19). The number of aromatic nitrogens is 1. The summed E-state index contributed by atoms with van der Waals surface area (Å²) >= 11 is 0. The van der Waals surface area contributed by atoms with Crippen LogP contribution in [0.25, 0.3) is 10.8 Å². The second kappa shape index (κ2) is 4.88. The molecule has 0 aliphatic carbocycles. The number of piperidine rings is 1. The van der Waals surface area contributed by atoms with Gasteiger partial charge in [-0.05, 0) is 24.3 Å². The molecule has 0 spiro atoms. The molecule has 1 aromatic carbocycles. The molecule has 1 unspecified atom stereocenters. The van der Waals surface area contributed by atoms with E-state index in [4.69, 9.17) is 5.73 Å². The largest absolute Gasteiger partial charge is 0.369 e. The van der Waals surface area contributed by atoms with Crippen molar-refractivity contribution in [3.8, 4) is 0 Å². The molecule has 3 rings (SSSR count). The van der Waals surface area contributed by atoms with Gasteiger partial charge < -0.3 is 10.6 Å². The lowest BCUT2D eigenvalue weighted by Crippen LogP contribution is -2.41. The fraction of sp³-hybridized carbons (Fsp3) is 0.333. The normalized spacial score (nSPS) is 19.6. The van der Waals surface area contributed by atoms with E-state index in [2.05, 4.69) is 22.0 Å². The van der Waals surface area contributed by atoms with Crippen LogP contribution in [0.2, 0.25) is 0 Å². The molecule has 19 heavy (non-hydrogen) atoms. The molecule has 2 N–H and O–H groups in total. The predicted molar refractivity (Wildman–Crippen MR) is 75.9 cm³/mol. The average molecular weight is 255 g/mol. The number of nitrogens with two attached hydrogens (primary N) is 1. The summed E-state index contributed by atoms with van der Waals surface area (Å²) in [7, 11) is 0. The molecule has 0 bridgehead atoms. The van der Waals surface area contributed by atoms with E-state index in [1.807, 2.05) is 24.4 Å². The van der Waals surface area contributed by atoms with Gasteiger partial charge in [0, 0.05) is 24.7 Å². The van der Waals surface area contributed by atoms with E-state index in [0.717, 1.165) is 30.6 Å². The highest BCUT2D eigenvalue weighted by molar-refractivity contribution is 5.92. The van der Waals surface area contributed by atoms with Crippen molar-refractivity contribution in [2.24, 2.45) is 11.7 Å². The summed E-state index contributed by atoms with van der Waals surface area (Å²) in [6.45, 7) is 1.61. The molecule has 2 heterocycles. The first-order valence-corrected chi connectivity index (χ1v) is 6.64. The molecule has 2 aromatic rings. The van der Waals surface area contributed by atoms with E-state index < -0.39 is 0 Å². The minimum atomic E-state index is -0.204. The zero-order valence-electron chi connectivity index (χ0n) is 10.7. The van der Waals surface area contributed by atoms with Gasteiger partial charge in [0.25, 0.3) is 0 Å². The number of nitrogens with zero attached hydrogens (tertiary/aromatic N) is 2. The van der Waals surface area contributed by atoms with Crippen molar-refractivity contribution >= 4 is 22.5 Å². The third-order valence-corrected chi connectivity index (χ3v) is 3.78. The quantitative estimate of drug-likeness (QED) is 0.892. The smallest absolute Gasteiger partial charge is 0.222 e. The van der Waals surface area contributed by atoms with Crippen LogP contribution in [0.15, 0.2) is 36.5 Å². The van der Waals surface area contributed by atoms with Crippen LogP contribution in [-0.2, 0) is 4.79 Å². The molecule has 0 saturated carbocycles. The summed E-state index contributed by atoms with van der Waals surface area (Å²) in [4.78, 5) is 18.0. The van der Waals surface area contributed by atoms with Crippen LogP contribution < -0.4 is 10.6 Å². The van der Waals surface area contributed by atoms with Gasteiger partial charge in [-0.25, -0.2) is 4.98 Å². The zero-order chi connectivity index (χ0) is 13.2. The summed E-state index contributed by atoms with van der Waals surface area (Å²) < 4.78 is 0. The second-order valence-corrected chi connectivity index (χ2v) is 5.04. The number of hydrogen-bond acceptors (Lipinski definition) is 3. The molecule has 1 aromatic heterocycles. The highest BCUT2D eigenvalue weighted by Crippen LogP contribution is 2.28. The Kier molecular flexibility index (Phi) is 3.07. The molecule has 98 valence electrons. The average Bonchev–Trinajstić information content (AvgIpc) is 2.47. The van der Waals surface area contributed by atoms with Crippen LogP contribution in [0.4, 0.5) is 5.82 Å². The van der Waals surface area contributed by atoms with Gasteiger partial charge in [0.2, 0.25) is 5.91 Å². The van der Waals surface area contributed by atoms with Crippen molar-refractivity contribution in [3.63, 3.8) is 0 Å². The minimum Gasteiger partial charge on any atom is -0.369 e. The Morgan fingerprint density at radius 3 is 3.00 bits per heavy atom. The molecule has 1 amide bonds. The van der Waals surface area contributed by atoms with Gasteiger partial charge >= 0.3 is 0 Å². The molecule has 4 heteroatoms. The van der Waals surface area contributed by atoms with Crippen molar-refractivity contribution in [3.05, 3.63) is 36.5 Å². The van der Waals surface area contributed by atoms with Crippen LogP contribution in [-0.4, -0.2) is 24.0 Å². The van der Waals surface area contributed by atoms with Gasteiger partial charge in [0.1, 0.15) is 5.82 Å². The molecule has 1 atom stereocenters. The number of fused-ring (bicyclic) bond motifs is 1. The SMILES string of the molecule is NC(=O)C1CCCN(c2nccc3ccccc23)C1. The lowest BCUT2D eigenvalue weighted by molar-refractivity contribution is -0.122. The third kappa shape index (κ3) is 2.26. The zero-order valence-corrected chi connectivity index (χ0v) is 10.7. The Morgan fingerprint density at radius 2 is 2.16 bits per heavy atom. The summed E-state index contributed by atoms with van der Waals surface area (Å²) in [5.74, 6) is 0.698. The van der Waals surface area contributed by atoms with Crippen molar-refractivity contribution in [2.75, 3.05) is 18.0 Å². The Hall–Kier alpha value is -2.10. The van der Waals surface area contributed by atoms with Crippen molar-refractivity contribution in [1.29, 1.82) is 0 Å². The maximum absolute atomic E-state index is 11.4. The summed E-state index contributed by atoms with van der Waals surface area (Å²) in [5.41, 5.74) is 5.43. The number of rotatable bonds is 2. The highest BCUT2D eigenvalue weighted by Gasteiger charge is 2.25. The van der Waals surface area contributed by atoms with E-state index in [-0.39, 0.29) is 11.8 Å².